The molecule has 1 rings (SSSR count). The Labute approximate surface area is 193 Å². The first-order valence-corrected chi connectivity index (χ1v) is 10.6. The molecule has 0 fully saturated rings. The zero-order valence-electron chi connectivity index (χ0n) is 18.0. The first-order valence-electron chi connectivity index (χ1n) is 9.82. The van der Waals surface area contributed by atoms with E-state index in [1.807, 2.05) is 45.0 Å². The van der Waals surface area contributed by atoms with Crippen molar-refractivity contribution < 1.29 is 0 Å². The van der Waals surface area contributed by atoms with Crippen molar-refractivity contribution in [1.82, 2.24) is 21.5 Å². The van der Waals surface area contributed by atoms with Gasteiger partial charge in [-0.3, -0.25) is 10.9 Å². The molecule has 168 valence electrons. The molecule has 0 bridgehead atoms. The Balaban J connectivity index is 2.64. The van der Waals surface area contributed by atoms with Crippen molar-refractivity contribution in [1.29, 1.82) is 0 Å². The number of hydrazone groups is 2. The first-order chi connectivity index (χ1) is 14.9. The van der Waals surface area contributed by atoms with Gasteiger partial charge in [0, 0.05) is 18.7 Å². The predicted octanol–water partition coefficient (Wildman–Crippen LogP) is 1.27. The average Bonchev–Trinajstić information content (AvgIpc) is 2.78. The first kappa shape index (κ1) is 25.9. The molecule has 0 aromatic heterocycles. The van der Waals surface area contributed by atoms with Crippen LogP contribution in [0.25, 0.3) is 0 Å². The molecular weight excluding hydrogens is 432 g/mol. The minimum absolute atomic E-state index is 0.286. The third-order valence-corrected chi connectivity index (χ3v) is 4.33. The lowest BCUT2D eigenvalue weighted by atomic mass is 10.1. The number of nitrogens with one attached hydrogen (secondary N) is 4. The van der Waals surface area contributed by atoms with Crippen LogP contribution in [0.1, 0.15) is 44.7 Å². The van der Waals surface area contributed by atoms with Gasteiger partial charge >= 0.3 is 0 Å². The molecule has 12 heteroatoms. The fourth-order valence-corrected chi connectivity index (χ4v) is 2.61. The van der Waals surface area contributed by atoms with Crippen LogP contribution < -0.4 is 33.0 Å². The topological polar surface area (TPSA) is 150 Å². The number of benzene rings is 1. The van der Waals surface area contributed by atoms with E-state index in [0.717, 1.165) is 35.4 Å². The van der Waals surface area contributed by atoms with Gasteiger partial charge in [-0.2, -0.15) is 10.2 Å². The van der Waals surface area contributed by atoms with Gasteiger partial charge in [-0.1, -0.05) is 38.1 Å². The number of thiocarbonyl (C=S) groups is 2. The van der Waals surface area contributed by atoms with Gasteiger partial charge in [-0.05, 0) is 49.8 Å². The number of rotatable bonds is 10. The summed E-state index contributed by atoms with van der Waals surface area (Å²) in [5.74, 6) is 0.286. The van der Waals surface area contributed by atoms with E-state index >= 15 is 0 Å². The predicted molar refractivity (Wildman–Crippen MR) is 137 cm³/mol. The van der Waals surface area contributed by atoms with Crippen LogP contribution in [0, 0.1) is 0 Å². The molecule has 0 atom stereocenters. The summed E-state index contributed by atoms with van der Waals surface area (Å²) in [7, 11) is 0. The van der Waals surface area contributed by atoms with Crippen molar-refractivity contribution in [2.45, 2.75) is 40.2 Å². The van der Waals surface area contributed by atoms with Crippen LogP contribution in [0.15, 0.2) is 44.7 Å². The number of hydrogen-bond acceptors (Lipinski definition) is 6. The standard InChI is InChI=1S/C19H30N10S2/c1-4-15(25-28-18(30)22-6-3)16(5-2)26-29-19(31)23-11-13-7-9-14(10-8-13)17(21)27-24-12-20/h7-10,12H,4-6,11H2,1-3H3,(H2,20,24)(H2,21,27)(H2,22,28,30)(H2,23,29,31)/b25-15+,26-16+. The molecule has 0 spiro atoms. The second-order valence-corrected chi connectivity index (χ2v) is 6.85. The van der Waals surface area contributed by atoms with Crippen molar-refractivity contribution in [3.63, 3.8) is 0 Å². The summed E-state index contributed by atoms with van der Waals surface area (Å²) in [6.07, 6.45) is 2.47. The minimum atomic E-state index is 0.286. The van der Waals surface area contributed by atoms with Crippen molar-refractivity contribution >= 4 is 58.3 Å². The van der Waals surface area contributed by atoms with E-state index in [4.69, 9.17) is 35.9 Å². The summed E-state index contributed by atoms with van der Waals surface area (Å²) in [6.45, 7) is 7.22. The maximum Gasteiger partial charge on any atom is 0.187 e. The molecule has 0 saturated heterocycles. The van der Waals surface area contributed by atoms with E-state index in [2.05, 4.69) is 41.9 Å². The number of amidine groups is 1. The molecule has 31 heavy (non-hydrogen) atoms. The highest BCUT2D eigenvalue weighted by molar-refractivity contribution is 7.80. The van der Waals surface area contributed by atoms with E-state index in [-0.39, 0.29) is 5.84 Å². The normalized spacial score (nSPS) is 12.5. The van der Waals surface area contributed by atoms with Crippen LogP contribution in [0.2, 0.25) is 0 Å². The third-order valence-electron chi connectivity index (χ3n) is 3.86. The van der Waals surface area contributed by atoms with Crippen molar-refractivity contribution in [2.24, 2.45) is 31.9 Å². The van der Waals surface area contributed by atoms with Crippen molar-refractivity contribution in [3.05, 3.63) is 35.4 Å². The molecular formula is C19H30N10S2. The van der Waals surface area contributed by atoms with Crippen LogP contribution in [-0.4, -0.2) is 40.4 Å². The fourth-order valence-electron chi connectivity index (χ4n) is 2.30. The second-order valence-electron chi connectivity index (χ2n) is 6.04. The Morgan fingerprint density at radius 2 is 1.48 bits per heavy atom. The Hall–Kier alpha value is -3.12. The molecule has 0 unspecified atom stereocenters. The van der Waals surface area contributed by atoms with E-state index < -0.39 is 0 Å². The summed E-state index contributed by atoms with van der Waals surface area (Å²) >= 11 is 10.4. The van der Waals surface area contributed by atoms with Gasteiger partial charge in [0.2, 0.25) is 0 Å². The molecule has 0 amide bonds. The van der Waals surface area contributed by atoms with Gasteiger partial charge in [0.1, 0.15) is 6.34 Å². The van der Waals surface area contributed by atoms with Crippen LogP contribution in [0.5, 0.6) is 0 Å². The van der Waals surface area contributed by atoms with Gasteiger partial charge in [0.15, 0.2) is 16.1 Å². The van der Waals surface area contributed by atoms with Crippen LogP contribution in [0.4, 0.5) is 0 Å². The number of nitrogens with zero attached hydrogens (tertiary/aromatic N) is 4. The van der Waals surface area contributed by atoms with E-state index in [1.165, 1.54) is 0 Å². The Morgan fingerprint density at radius 3 is 1.97 bits per heavy atom. The number of nitrogens with two attached hydrogens (primary N) is 2. The lowest BCUT2D eigenvalue weighted by molar-refractivity contribution is 0.864. The maximum absolute atomic E-state index is 5.82. The summed E-state index contributed by atoms with van der Waals surface area (Å²) in [6, 6.07) is 7.53. The molecule has 10 nitrogen and oxygen atoms in total. The highest BCUT2D eigenvalue weighted by atomic mass is 32.1. The van der Waals surface area contributed by atoms with Gasteiger partial charge in [-0.25, -0.2) is 0 Å². The Kier molecular flexibility index (Phi) is 12.4. The Morgan fingerprint density at radius 1 is 0.935 bits per heavy atom. The average molecular weight is 463 g/mol. The third kappa shape index (κ3) is 9.96. The SMILES string of the molecule is CCNC(=S)N/N=C(CC)/C(CC)=N/NC(=S)NCc1ccc(/C(N)=N/N=C\N)cc1. The molecule has 0 heterocycles. The molecule has 0 aliphatic heterocycles. The summed E-state index contributed by atoms with van der Waals surface area (Å²) in [4.78, 5) is 0. The fraction of sp³-hybridized carbons (Fsp3) is 0.368. The highest BCUT2D eigenvalue weighted by Crippen LogP contribution is 2.04. The highest BCUT2D eigenvalue weighted by Gasteiger charge is 2.07. The molecule has 0 saturated carbocycles. The minimum Gasteiger partial charge on any atom is -0.388 e. The summed E-state index contributed by atoms with van der Waals surface area (Å²) < 4.78 is 0. The summed E-state index contributed by atoms with van der Waals surface area (Å²) in [5.41, 5.74) is 20.0. The largest absolute Gasteiger partial charge is 0.388 e. The van der Waals surface area contributed by atoms with Gasteiger partial charge < -0.3 is 22.1 Å². The van der Waals surface area contributed by atoms with Crippen LogP contribution >= 0.6 is 24.4 Å². The lowest BCUT2D eigenvalue weighted by Crippen LogP contribution is -2.34. The van der Waals surface area contributed by atoms with Gasteiger partial charge in [0.05, 0.1) is 11.4 Å². The zero-order chi connectivity index (χ0) is 23.1. The van der Waals surface area contributed by atoms with Gasteiger partial charge in [-0.15, -0.1) is 10.2 Å². The molecule has 0 aliphatic rings. The molecule has 8 N–H and O–H groups in total. The quantitative estimate of drug-likeness (QED) is 0.132. The number of hydrogen-bond donors (Lipinski definition) is 6. The van der Waals surface area contributed by atoms with Crippen molar-refractivity contribution in [2.75, 3.05) is 6.54 Å². The zero-order valence-corrected chi connectivity index (χ0v) is 19.6. The lowest BCUT2D eigenvalue weighted by Gasteiger charge is -2.11. The van der Waals surface area contributed by atoms with Crippen LogP contribution in [0.3, 0.4) is 0 Å². The van der Waals surface area contributed by atoms with Crippen LogP contribution in [-0.2, 0) is 6.54 Å². The molecule has 0 radical (unpaired) electrons. The van der Waals surface area contributed by atoms with E-state index in [9.17, 15) is 0 Å². The summed E-state index contributed by atoms with van der Waals surface area (Å²) in [5, 5.41) is 23.0. The smallest absolute Gasteiger partial charge is 0.187 e. The molecule has 1 aromatic carbocycles. The van der Waals surface area contributed by atoms with Gasteiger partial charge in [0.25, 0.3) is 0 Å². The van der Waals surface area contributed by atoms with E-state index in [1.54, 1.807) is 0 Å². The van der Waals surface area contributed by atoms with E-state index in [0.29, 0.717) is 29.6 Å². The monoisotopic (exact) mass is 462 g/mol. The molecule has 1 aromatic rings. The van der Waals surface area contributed by atoms with Crippen molar-refractivity contribution in [3.8, 4) is 0 Å². The second kappa shape index (κ2) is 14.8. The Bertz CT molecular complexity index is 844. The maximum atomic E-state index is 5.82. The molecule has 0 aliphatic carbocycles.